The number of aromatic nitrogens is 4. The van der Waals surface area contributed by atoms with Crippen LogP contribution < -0.4 is 5.32 Å². The van der Waals surface area contributed by atoms with Gasteiger partial charge in [0.15, 0.2) is 0 Å². The summed E-state index contributed by atoms with van der Waals surface area (Å²) in [7, 11) is 0. The minimum Gasteiger partial charge on any atom is -0.352 e. The largest absolute Gasteiger partial charge is 0.352 e. The molecule has 6 nitrogen and oxygen atoms in total. The number of tetrazole rings is 1. The van der Waals surface area contributed by atoms with Gasteiger partial charge in [-0.1, -0.05) is 42.1 Å². The number of benzene rings is 2. The maximum Gasteiger partial charge on any atom is 0.238 e. The highest BCUT2D eigenvalue weighted by Gasteiger charge is 2.30. The molecule has 1 saturated carbocycles. The molecule has 0 radical (unpaired) electrons. The third-order valence-corrected chi connectivity index (χ3v) is 5.53. The van der Waals surface area contributed by atoms with Crippen molar-refractivity contribution in [2.75, 3.05) is 0 Å². The quantitative estimate of drug-likeness (QED) is 0.662. The molecule has 27 heavy (non-hydrogen) atoms. The number of hydrogen-bond acceptors (Lipinski definition) is 5. The first-order chi connectivity index (χ1) is 13.1. The Balaban J connectivity index is 1.66. The van der Waals surface area contributed by atoms with Gasteiger partial charge in [-0.2, -0.15) is 4.68 Å². The number of thioether (sulfide) groups is 1. The Hall–Kier alpha value is -2.74. The van der Waals surface area contributed by atoms with E-state index >= 15 is 0 Å². The summed E-state index contributed by atoms with van der Waals surface area (Å²) in [6, 6.07) is 14.0. The lowest BCUT2D eigenvalue weighted by Gasteiger charge is -2.16. The smallest absolute Gasteiger partial charge is 0.238 e. The van der Waals surface area contributed by atoms with E-state index in [1.807, 2.05) is 31.2 Å². The zero-order valence-corrected chi connectivity index (χ0v) is 15.5. The molecular weight excluding hydrogens is 365 g/mol. The van der Waals surface area contributed by atoms with E-state index in [0.29, 0.717) is 10.7 Å². The summed E-state index contributed by atoms with van der Waals surface area (Å²) >= 11 is 1.25. The maximum absolute atomic E-state index is 13.3. The van der Waals surface area contributed by atoms with Gasteiger partial charge in [-0.3, -0.25) is 4.79 Å². The molecule has 0 saturated heterocycles. The lowest BCUT2D eigenvalue weighted by Crippen LogP contribution is -2.30. The van der Waals surface area contributed by atoms with E-state index < -0.39 is 5.25 Å². The van der Waals surface area contributed by atoms with Crippen molar-refractivity contribution in [2.24, 2.45) is 0 Å². The molecule has 1 unspecified atom stereocenters. The second kappa shape index (κ2) is 7.48. The SMILES string of the molecule is Cc1ccccc1-n1nnnc1SC(C(=O)NC1CC1)c1ccc(F)cc1. The number of carbonyl (C=O) groups is 1. The molecule has 8 heteroatoms. The van der Waals surface area contributed by atoms with Gasteiger partial charge in [0.05, 0.1) is 5.69 Å². The van der Waals surface area contributed by atoms with Gasteiger partial charge in [0.25, 0.3) is 0 Å². The predicted molar refractivity (Wildman–Crippen MR) is 100 cm³/mol. The van der Waals surface area contributed by atoms with Crippen LogP contribution in [-0.2, 0) is 4.79 Å². The maximum atomic E-state index is 13.3. The molecule has 0 spiro atoms. The summed E-state index contributed by atoms with van der Waals surface area (Å²) in [6.45, 7) is 1.97. The highest BCUT2D eigenvalue weighted by atomic mass is 32.2. The van der Waals surface area contributed by atoms with E-state index in [-0.39, 0.29) is 17.8 Å². The summed E-state index contributed by atoms with van der Waals surface area (Å²) in [5.41, 5.74) is 2.58. The lowest BCUT2D eigenvalue weighted by atomic mass is 10.1. The molecule has 1 aliphatic rings. The number of nitrogens with one attached hydrogen (secondary N) is 1. The molecule has 4 rings (SSSR count). The zero-order valence-electron chi connectivity index (χ0n) is 14.7. The first-order valence-corrected chi connectivity index (χ1v) is 9.56. The Kier molecular flexibility index (Phi) is 4.89. The molecule has 0 bridgehead atoms. The molecule has 1 aliphatic carbocycles. The van der Waals surface area contributed by atoms with Crippen LogP contribution in [0.25, 0.3) is 5.69 Å². The van der Waals surface area contributed by atoms with Gasteiger partial charge in [-0.15, -0.1) is 5.10 Å². The van der Waals surface area contributed by atoms with Crippen molar-refractivity contribution in [1.29, 1.82) is 0 Å². The van der Waals surface area contributed by atoms with Crippen molar-refractivity contribution >= 4 is 17.7 Å². The van der Waals surface area contributed by atoms with Gasteiger partial charge < -0.3 is 5.32 Å². The number of amides is 1. The normalized spacial score (nSPS) is 14.7. The summed E-state index contributed by atoms with van der Waals surface area (Å²) in [5, 5.41) is 14.9. The molecule has 1 N–H and O–H groups in total. The second-order valence-corrected chi connectivity index (χ2v) is 7.56. The summed E-state index contributed by atoms with van der Waals surface area (Å²) in [6.07, 6.45) is 1.99. The molecule has 0 aliphatic heterocycles. The van der Waals surface area contributed by atoms with Gasteiger partial charge in [-0.25, -0.2) is 4.39 Å². The van der Waals surface area contributed by atoms with Crippen molar-refractivity contribution in [3.8, 4) is 5.69 Å². The van der Waals surface area contributed by atoms with Crippen LogP contribution in [0.2, 0.25) is 0 Å². The minimum absolute atomic E-state index is 0.117. The third-order valence-electron chi connectivity index (χ3n) is 4.34. The molecule has 3 aromatic rings. The van der Waals surface area contributed by atoms with Crippen molar-refractivity contribution in [1.82, 2.24) is 25.5 Å². The number of hydrogen-bond donors (Lipinski definition) is 1. The van der Waals surface area contributed by atoms with Crippen LogP contribution in [0.1, 0.15) is 29.2 Å². The highest BCUT2D eigenvalue weighted by molar-refractivity contribution is 8.00. The minimum atomic E-state index is -0.569. The van der Waals surface area contributed by atoms with E-state index in [9.17, 15) is 9.18 Å². The Morgan fingerprint density at radius 3 is 2.67 bits per heavy atom. The third kappa shape index (κ3) is 4.00. The van der Waals surface area contributed by atoms with Crippen LogP contribution in [0.15, 0.2) is 53.7 Å². The van der Waals surface area contributed by atoms with E-state index in [1.165, 1.54) is 23.9 Å². The van der Waals surface area contributed by atoms with Gasteiger partial charge >= 0.3 is 0 Å². The molecule has 1 atom stereocenters. The summed E-state index contributed by atoms with van der Waals surface area (Å²) in [4.78, 5) is 12.8. The van der Waals surface area contributed by atoms with Gasteiger partial charge in [0.1, 0.15) is 11.1 Å². The average Bonchev–Trinajstić information content (AvgIpc) is 3.36. The van der Waals surface area contributed by atoms with Crippen LogP contribution in [0, 0.1) is 12.7 Å². The van der Waals surface area contributed by atoms with Gasteiger partial charge in [0, 0.05) is 6.04 Å². The molecule has 1 amide bonds. The van der Waals surface area contributed by atoms with Gasteiger partial charge in [0.2, 0.25) is 11.1 Å². The molecule has 1 heterocycles. The van der Waals surface area contributed by atoms with Crippen molar-refractivity contribution < 1.29 is 9.18 Å². The van der Waals surface area contributed by atoms with Crippen molar-refractivity contribution in [2.45, 2.75) is 36.2 Å². The summed E-state index contributed by atoms with van der Waals surface area (Å²) < 4.78 is 15.0. The van der Waals surface area contributed by atoms with E-state index in [0.717, 1.165) is 24.1 Å². The molecular formula is C19H18FN5OS. The molecule has 1 fully saturated rings. The fourth-order valence-corrected chi connectivity index (χ4v) is 3.72. The van der Waals surface area contributed by atoms with Crippen molar-refractivity contribution in [3.63, 3.8) is 0 Å². The Labute approximate surface area is 160 Å². The summed E-state index contributed by atoms with van der Waals surface area (Å²) in [5.74, 6) is -0.455. The Morgan fingerprint density at radius 1 is 1.22 bits per heavy atom. The fraction of sp³-hybridized carbons (Fsp3) is 0.263. The fourth-order valence-electron chi connectivity index (χ4n) is 2.73. The number of carbonyl (C=O) groups excluding carboxylic acids is 1. The Bertz CT molecular complexity index is 955. The number of para-hydroxylation sites is 1. The van der Waals surface area contributed by atoms with Gasteiger partial charge in [-0.05, 0) is 59.5 Å². The second-order valence-electron chi connectivity index (χ2n) is 6.49. The van der Waals surface area contributed by atoms with E-state index in [4.69, 9.17) is 0 Å². The monoisotopic (exact) mass is 383 g/mol. The number of nitrogens with zero attached hydrogens (tertiary/aromatic N) is 4. The van der Waals surface area contributed by atoms with Crippen LogP contribution >= 0.6 is 11.8 Å². The van der Waals surface area contributed by atoms with Crippen LogP contribution in [0.3, 0.4) is 0 Å². The highest BCUT2D eigenvalue weighted by Crippen LogP contribution is 2.36. The first kappa shape index (κ1) is 17.7. The van der Waals surface area contributed by atoms with E-state index in [1.54, 1.807) is 16.8 Å². The molecule has 1 aromatic heterocycles. The average molecular weight is 383 g/mol. The van der Waals surface area contributed by atoms with Crippen LogP contribution in [0.5, 0.6) is 0 Å². The Morgan fingerprint density at radius 2 is 1.96 bits per heavy atom. The number of aryl methyl sites for hydroxylation is 1. The predicted octanol–water partition coefficient (Wildman–Crippen LogP) is 3.22. The lowest BCUT2D eigenvalue weighted by molar-refractivity contribution is -0.120. The topological polar surface area (TPSA) is 72.7 Å². The van der Waals surface area contributed by atoms with Crippen LogP contribution in [0.4, 0.5) is 4.39 Å². The standard InChI is InChI=1S/C19H18FN5OS/c1-12-4-2-3-5-16(12)25-19(22-23-24-25)27-17(18(26)21-15-10-11-15)13-6-8-14(20)9-7-13/h2-9,15,17H,10-11H2,1H3,(H,21,26). The number of halogens is 1. The molecule has 138 valence electrons. The molecule has 2 aromatic carbocycles. The first-order valence-electron chi connectivity index (χ1n) is 8.68. The van der Waals surface area contributed by atoms with E-state index in [2.05, 4.69) is 20.8 Å². The number of rotatable bonds is 6. The zero-order chi connectivity index (χ0) is 18.8. The van der Waals surface area contributed by atoms with Crippen LogP contribution in [-0.4, -0.2) is 32.2 Å². The van der Waals surface area contributed by atoms with Crippen molar-refractivity contribution in [3.05, 3.63) is 65.5 Å².